The molecular weight excluding hydrogens is 458 g/mol. The first-order chi connectivity index (χ1) is 16.9. The third-order valence-electron chi connectivity index (χ3n) is 6.26. The van der Waals surface area contributed by atoms with Crippen molar-refractivity contribution >= 4 is 17.9 Å². The number of carbonyl (C=O) groups is 3. The first kappa shape index (κ1) is 29.5. The van der Waals surface area contributed by atoms with Gasteiger partial charge in [0.2, 0.25) is 11.8 Å². The van der Waals surface area contributed by atoms with Crippen LogP contribution in [0.3, 0.4) is 0 Å². The molecule has 1 fully saturated rings. The zero-order valence-electron chi connectivity index (χ0n) is 22.8. The van der Waals surface area contributed by atoms with Gasteiger partial charge >= 0.3 is 6.09 Å². The molecule has 2 atom stereocenters. The van der Waals surface area contributed by atoms with Crippen LogP contribution in [-0.4, -0.2) is 52.1 Å². The van der Waals surface area contributed by atoms with Gasteiger partial charge in [0.25, 0.3) is 0 Å². The van der Waals surface area contributed by atoms with Gasteiger partial charge in [-0.05, 0) is 64.9 Å². The summed E-state index contributed by atoms with van der Waals surface area (Å²) in [5.41, 5.74) is -0.328. The number of phenols is 1. The number of para-hydroxylation sites is 1. The summed E-state index contributed by atoms with van der Waals surface area (Å²) in [6, 6.07) is 4.64. The van der Waals surface area contributed by atoms with Crippen LogP contribution in [0.1, 0.15) is 98.1 Å². The van der Waals surface area contributed by atoms with E-state index < -0.39 is 23.8 Å². The molecule has 202 valence electrons. The Morgan fingerprint density at radius 3 is 2.33 bits per heavy atom. The molecule has 8 heteroatoms. The summed E-state index contributed by atoms with van der Waals surface area (Å²) < 4.78 is 5.43. The highest BCUT2D eigenvalue weighted by Gasteiger charge is 2.42. The predicted molar refractivity (Wildman–Crippen MR) is 140 cm³/mol. The zero-order chi connectivity index (χ0) is 26.9. The molecule has 1 aromatic rings. The molecule has 2 rings (SSSR count). The Hall–Kier alpha value is -2.77. The number of nitrogens with one attached hydrogen (secondary N) is 2. The van der Waals surface area contributed by atoms with Crippen LogP contribution in [0.5, 0.6) is 5.75 Å². The molecule has 0 spiro atoms. The summed E-state index contributed by atoms with van der Waals surface area (Å²) in [4.78, 5) is 41.9. The van der Waals surface area contributed by atoms with Gasteiger partial charge in [0.05, 0.1) is 0 Å². The Morgan fingerprint density at radius 1 is 1.14 bits per heavy atom. The number of rotatable bonds is 12. The molecule has 1 aliphatic carbocycles. The summed E-state index contributed by atoms with van der Waals surface area (Å²) >= 11 is 0. The number of phenolic OH excluding ortho intramolecular Hbond substituents is 1. The van der Waals surface area contributed by atoms with E-state index in [1.165, 1.54) is 6.07 Å². The molecule has 1 aliphatic rings. The molecule has 3 amide bonds. The average Bonchev–Trinajstić information content (AvgIpc) is 2.73. The fraction of sp³-hybridized carbons (Fsp3) is 0.679. The SMILES string of the molecule is CCCCCNC(=O)C(c1ccccc1O)N(C(=O)C(CC(C)C)NC(=O)OC(C)(C)C)C1CCC1. The lowest BCUT2D eigenvalue weighted by atomic mass is 9.87. The van der Waals surface area contributed by atoms with E-state index in [1.807, 2.05) is 13.8 Å². The summed E-state index contributed by atoms with van der Waals surface area (Å²) in [5, 5.41) is 16.4. The number of nitrogens with zero attached hydrogens (tertiary/aromatic N) is 1. The van der Waals surface area contributed by atoms with E-state index in [9.17, 15) is 19.5 Å². The smallest absolute Gasteiger partial charge is 0.408 e. The monoisotopic (exact) mass is 503 g/mol. The number of unbranched alkanes of at least 4 members (excludes halogenated alkanes) is 2. The van der Waals surface area contributed by atoms with Crippen molar-refractivity contribution in [3.8, 4) is 5.75 Å². The van der Waals surface area contributed by atoms with Gasteiger partial charge in [-0.2, -0.15) is 0 Å². The van der Waals surface area contributed by atoms with E-state index >= 15 is 0 Å². The number of aromatic hydroxyl groups is 1. The molecule has 8 nitrogen and oxygen atoms in total. The highest BCUT2D eigenvalue weighted by molar-refractivity contribution is 5.92. The van der Waals surface area contributed by atoms with Gasteiger partial charge in [0.1, 0.15) is 23.4 Å². The number of carbonyl (C=O) groups excluding carboxylic acids is 3. The van der Waals surface area contributed by atoms with Crippen LogP contribution < -0.4 is 10.6 Å². The van der Waals surface area contributed by atoms with Crippen molar-refractivity contribution in [3.63, 3.8) is 0 Å². The molecule has 36 heavy (non-hydrogen) atoms. The predicted octanol–water partition coefficient (Wildman–Crippen LogP) is 5.06. The van der Waals surface area contributed by atoms with Crippen molar-refractivity contribution in [1.82, 2.24) is 15.5 Å². The molecule has 0 aromatic heterocycles. The number of hydrogen-bond donors (Lipinski definition) is 3. The molecule has 0 saturated heterocycles. The Balaban J connectivity index is 2.43. The van der Waals surface area contributed by atoms with Crippen molar-refractivity contribution in [3.05, 3.63) is 29.8 Å². The normalized spacial score (nSPS) is 15.5. The lowest BCUT2D eigenvalue weighted by Crippen LogP contribution is -2.57. The lowest BCUT2D eigenvalue weighted by Gasteiger charge is -2.43. The van der Waals surface area contributed by atoms with Gasteiger partial charge in [-0.15, -0.1) is 0 Å². The van der Waals surface area contributed by atoms with Crippen LogP contribution in [0.4, 0.5) is 4.79 Å². The van der Waals surface area contributed by atoms with Crippen molar-refractivity contribution < 1.29 is 24.2 Å². The average molecular weight is 504 g/mol. The zero-order valence-corrected chi connectivity index (χ0v) is 22.8. The molecule has 1 aromatic carbocycles. The van der Waals surface area contributed by atoms with E-state index in [2.05, 4.69) is 17.6 Å². The van der Waals surface area contributed by atoms with E-state index in [-0.39, 0.29) is 29.5 Å². The van der Waals surface area contributed by atoms with Crippen LogP contribution in [0.2, 0.25) is 0 Å². The summed E-state index contributed by atoms with van der Waals surface area (Å²) in [7, 11) is 0. The largest absolute Gasteiger partial charge is 0.508 e. The fourth-order valence-corrected chi connectivity index (χ4v) is 4.32. The first-order valence-corrected chi connectivity index (χ1v) is 13.3. The minimum atomic E-state index is -0.999. The lowest BCUT2D eigenvalue weighted by molar-refractivity contribution is -0.147. The molecule has 3 N–H and O–H groups in total. The highest BCUT2D eigenvalue weighted by Crippen LogP contribution is 2.37. The summed E-state index contributed by atoms with van der Waals surface area (Å²) in [6.07, 6.45) is 5.06. The van der Waals surface area contributed by atoms with Gasteiger partial charge in [-0.1, -0.05) is 51.8 Å². The Bertz CT molecular complexity index is 876. The molecule has 0 heterocycles. The highest BCUT2D eigenvalue weighted by atomic mass is 16.6. The Kier molecular flexibility index (Phi) is 11.1. The van der Waals surface area contributed by atoms with E-state index in [0.29, 0.717) is 18.5 Å². The van der Waals surface area contributed by atoms with Crippen molar-refractivity contribution in [2.24, 2.45) is 5.92 Å². The van der Waals surface area contributed by atoms with E-state index in [0.717, 1.165) is 38.5 Å². The third-order valence-corrected chi connectivity index (χ3v) is 6.26. The van der Waals surface area contributed by atoms with E-state index in [4.69, 9.17) is 4.74 Å². The maximum Gasteiger partial charge on any atom is 0.408 e. The molecule has 0 bridgehead atoms. The number of ether oxygens (including phenoxy) is 1. The molecule has 1 saturated carbocycles. The number of benzene rings is 1. The standard InChI is InChI=1S/C28H45N3O5/c1-7-8-11-17-29-25(33)24(21-15-9-10-16-23(21)32)31(20-13-12-14-20)26(34)22(18-19(2)3)30-27(35)36-28(4,5)6/h9-10,15-16,19-20,22,24,32H,7-8,11-14,17-18H2,1-6H3,(H,29,33)(H,30,35). The topological polar surface area (TPSA) is 108 Å². The van der Waals surface area contributed by atoms with Crippen LogP contribution in [0, 0.1) is 5.92 Å². The third kappa shape index (κ3) is 8.71. The Morgan fingerprint density at radius 2 is 1.81 bits per heavy atom. The van der Waals surface area contributed by atoms with Crippen molar-refractivity contribution in [2.45, 2.75) is 110 Å². The second kappa shape index (κ2) is 13.5. The first-order valence-electron chi connectivity index (χ1n) is 13.3. The number of amides is 3. The summed E-state index contributed by atoms with van der Waals surface area (Å²) in [6.45, 7) is 11.8. The van der Waals surface area contributed by atoms with Crippen LogP contribution in [0.15, 0.2) is 24.3 Å². The Labute approximate surface area is 216 Å². The number of alkyl carbamates (subject to hydrolysis) is 1. The molecule has 2 unspecified atom stereocenters. The van der Waals surface area contributed by atoms with Gasteiger partial charge in [0.15, 0.2) is 0 Å². The van der Waals surface area contributed by atoms with Crippen molar-refractivity contribution in [1.29, 1.82) is 0 Å². The molecule has 0 radical (unpaired) electrons. The molecule has 0 aliphatic heterocycles. The van der Waals surface area contributed by atoms with Gasteiger partial charge in [0, 0.05) is 18.2 Å². The van der Waals surface area contributed by atoms with Crippen LogP contribution >= 0.6 is 0 Å². The van der Waals surface area contributed by atoms with Gasteiger partial charge in [-0.3, -0.25) is 9.59 Å². The van der Waals surface area contributed by atoms with Crippen molar-refractivity contribution in [2.75, 3.05) is 6.54 Å². The van der Waals surface area contributed by atoms with Crippen LogP contribution in [-0.2, 0) is 14.3 Å². The van der Waals surface area contributed by atoms with Gasteiger partial charge in [-0.25, -0.2) is 4.79 Å². The second-order valence-corrected chi connectivity index (χ2v) is 11.1. The minimum Gasteiger partial charge on any atom is -0.508 e. The molecular formula is C28H45N3O5. The maximum atomic E-state index is 14.1. The number of hydrogen-bond acceptors (Lipinski definition) is 5. The fourth-order valence-electron chi connectivity index (χ4n) is 4.32. The second-order valence-electron chi connectivity index (χ2n) is 11.1. The quantitative estimate of drug-likeness (QED) is 0.346. The van der Waals surface area contributed by atoms with Crippen LogP contribution in [0.25, 0.3) is 0 Å². The van der Waals surface area contributed by atoms with E-state index in [1.54, 1.807) is 43.9 Å². The summed E-state index contributed by atoms with van der Waals surface area (Å²) in [5.74, 6) is -0.586. The maximum absolute atomic E-state index is 14.1. The van der Waals surface area contributed by atoms with Gasteiger partial charge < -0.3 is 25.4 Å². The minimum absolute atomic E-state index is 0.0381.